The van der Waals surface area contributed by atoms with Crippen molar-refractivity contribution >= 4 is 109 Å². The van der Waals surface area contributed by atoms with Crippen LogP contribution in [0.2, 0.25) is 0 Å². The molecule has 72 heavy (non-hydrogen) atoms. The van der Waals surface area contributed by atoms with E-state index in [9.17, 15) is 9.13 Å². The Labute approximate surface area is 430 Å². The van der Waals surface area contributed by atoms with Gasteiger partial charge in [0.15, 0.2) is 14.3 Å². The molecule has 0 unspecified atom stereocenters. The average Bonchev–Trinajstić information content (AvgIpc) is 4.01. The molecule has 0 spiro atoms. The molecule has 0 amide bonds. The van der Waals surface area contributed by atoms with Crippen molar-refractivity contribution in [3.63, 3.8) is 0 Å². The monoisotopic (exact) mass is 1000 g/mol. The molecular weight excluding hydrogens is 951 g/mol. The largest absolute Gasteiger partial charge is 0.309 e. The minimum atomic E-state index is -2.98. The lowest BCUT2D eigenvalue weighted by Crippen LogP contribution is -2.24. The smallest absolute Gasteiger partial charge is 0.171 e. The molecule has 0 aliphatic carbocycles. The fourth-order valence-electron chi connectivity index (χ4n) is 10.5. The molecule has 6 heteroatoms. The quantitative estimate of drug-likeness (QED) is 0.0959. The zero-order valence-corrected chi connectivity index (χ0v) is 43.3. The molecule has 0 saturated carbocycles. The van der Waals surface area contributed by atoms with E-state index in [1.54, 1.807) is 0 Å². The number of fused-ring (bicyclic) bond motifs is 6. The van der Waals surface area contributed by atoms with Crippen LogP contribution < -0.4 is 31.8 Å². The van der Waals surface area contributed by atoms with Gasteiger partial charge in [-0.05, 0) is 120 Å². The first kappa shape index (κ1) is 46.2. The van der Waals surface area contributed by atoms with E-state index in [2.05, 4.69) is 121 Å². The van der Waals surface area contributed by atoms with Gasteiger partial charge in [-0.3, -0.25) is 0 Å². The van der Waals surface area contributed by atoms with Crippen molar-refractivity contribution in [3.05, 3.63) is 265 Å². The van der Waals surface area contributed by atoms with Crippen LogP contribution in [-0.4, -0.2) is 0 Å². The highest BCUT2D eigenvalue weighted by atomic mass is 32.1. The van der Waals surface area contributed by atoms with Gasteiger partial charge in [0.1, 0.15) is 0 Å². The van der Waals surface area contributed by atoms with Gasteiger partial charge >= 0.3 is 0 Å². The summed E-state index contributed by atoms with van der Waals surface area (Å²) in [6, 6.07) is 84.7. The van der Waals surface area contributed by atoms with Gasteiger partial charge in [0.05, 0.1) is 0 Å². The maximum Gasteiger partial charge on any atom is 0.171 e. The van der Waals surface area contributed by atoms with Gasteiger partial charge in [-0.25, -0.2) is 0 Å². The van der Waals surface area contributed by atoms with Gasteiger partial charge < -0.3 is 9.13 Å². The van der Waals surface area contributed by atoms with Crippen molar-refractivity contribution in [1.29, 1.82) is 0 Å². The van der Waals surface area contributed by atoms with Gasteiger partial charge in [0.25, 0.3) is 0 Å². The van der Waals surface area contributed by atoms with E-state index in [4.69, 9.17) is 0 Å². The second-order valence-corrected chi connectivity index (χ2v) is 26.6. The summed E-state index contributed by atoms with van der Waals surface area (Å²) in [7, 11) is -5.97. The van der Waals surface area contributed by atoms with E-state index < -0.39 is 14.3 Å². The number of thiophene rings is 2. The molecule has 0 saturated heterocycles. The molecule has 0 N–H and O–H groups in total. The molecule has 0 atom stereocenters. The van der Waals surface area contributed by atoms with Gasteiger partial charge in [-0.15, -0.1) is 22.7 Å². The van der Waals surface area contributed by atoms with Gasteiger partial charge in [-0.1, -0.05) is 194 Å². The van der Waals surface area contributed by atoms with Gasteiger partial charge in [-0.2, -0.15) is 0 Å². The highest BCUT2D eigenvalue weighted by Gasteiger charge is 2.30. The summed E-state index contributed by atoms with van der Waals surface area (Å²) in [5.41, 5.74) is 7.73. The fraction of sp³-hybridized carbons (Fsp3) is 0.0909. The topological polar surface area (TPSA) is 34.1 Å². The zero-order valence-electron chi connectivity index (χ0n) is 39.9. The fourth-order valence-corrected chi connectivity index (χ4v) is 17.9. The van der Waals surface area contributed by atoms with E-state index in [1.165, 1.54) is 73.7 Å². The third kappa shape index (κ3) is 8.93. The first-order chi connectivity index (χ1) is 35.4. The summed E-state index contributed by atoms with van der Waals surface area (Å²) in [5.74, 6) is 0. The maximum atomic E-state index is 14.8. The van der Waals surface area contributed by atoms with Crippen LogP contribution in [0.15, 0.2) is 243 Å². The molecule has 0 bridgehead atoms. The van der Waals surface area contributed by atoms with Crippen molar-refractivity contribution in [2.45, 2.75) is 38.5 Å². The Morgan fingerprint density at radius 2 is 0.528 bits per heavy atom. The predicted octanol–water partition coefficient (Wildman–Crippen LogP) is 15.7. The number of aryl methyl sites for hydroxylation is 4. The third-order valence-electron chi connectivity index (χ3n) is 14.3. The number of hydrogen-bond acceptors (Lipinski definition) is 4. The molecule has 12 rings (SSSR count). The van der Waals surface area contributed by atoms with Crippen LogP contribution >= 0.6 is 37.0 Å². The van der Waals surface area contributed by atoms with Crippen LogP contribution in [0.1, 0.15) is 35.1 Å². The molecule has 0 aliphatic heterocycles. The number of benzene rings is 10. The van der Waals surface area contributed by atoms with Crippen molar-refractivity contribution in [2.24, 2.45) is 0 Å². The minimum Gasteiger partial charge on any atom is -0.309 e. The summed E-state index contributed by atoms with van der Waals surface area (Å²) in [6.45, 7) is 0. The summed E-state index contributed by atoms with van der Waals surface area (Å²) in [6.07, 6.45) is 5.97. The summed E-state index contributed by atoms with van der Waals surface area (Å²) in [4.78, 5) is 0. The second kappa shape index (κ2) is 20.0. The molecule has 350 valence electrons. The SMILES string of the molecule is O=P(c1ccccc1)(c1ccccc1)c1ccc(CCCc2ccc3sc4ccc(-c5ccc6sc7ccc(CCCc8ccc(P(=O)(c9ccccc9)c9ccccc9)cc8)cc7c6c5)cc4c3c2)cc1. The Bertz CT molecular complexity index is 3610. The summed E-state index contributed by atoms with van der Waals surface area (Å²) < 4.78 is 35.0. The van der Waals surface area contributed by atoms with Gasteiger partial charge in [0, 0.05) is 72.2 Å². The second-order valence-electron chi connectivity index (χ2n) is 18.9. The average molecular weight is 1000 g/mol. The lowest BCUT2D eigenvalue weighted by Gasteiger charge is -2.20. The maximum absolute atomic E-state index is 14.8. The Hall–Kier alpha value is -6.90. The lowest BCUT2D eigenvalue weighted by atomic mass is 9.98. The molecule has 0 radical (unpaired) electrons. The summed E-state index contributed by atoms with van der Waals surface area (Å²) in [5, 5.41) is 10.5. The Morgan fingerprint density at radius 3 is 0.861 bits per heavy atom. The van der Waals surface area contributed by atoms with E-state index >= 15 is 0 Å². The Balaban J connectivity index is 0.730. The van der Waals surface area contributed by atoms with Crippen LogP contribution in [0.5, 0.6) is 0 Å². The predicted molar refractivity (Wildman–Crippen MR) is 313 cm³/mol. The number of rotatable bonds is 15. The van der Waals surface area contributed by atoms with E-state index in [0.29, 0.717) is 0 Å². The first-order valence-electron chi connectivity index (χ1n) is 24.9. The molecule has 2 heterocycles. The van der Waals surface area contributed by atoms with Gasteiger partial charge in [0.2, 0.25) is 0 Å². The normalized spacial score (nSPS) is 12.1. The van der Waals surface area contributed by atoms with E-state index in [1.807, 2.05) is 144 Å². The minimum absolute atomic E-state index is 0.862. The molecular formula is C66H52O2P2S2. The third-order valence-corrected chi connectivity index (χ3v) is 22.8. The highest BCUT2D eigenvalue weighted by molar-refractivity contribution is 7.85. The molecule has 10 aromatic carbocycles. The molecule has 0 fully saturated rings. The van der Waals surface area contributed by atoms with Crippen LogP contribution in [0.3, 0.4) is 0 Å². The molecule has 0 aliphatic rings. The molecule has 2 aromatic heterocycles. The van der Waals surface area contributed by atoms with Crippen LogP contribution in [0.4, 0.5) is 0 Å². The van der Waals surface area contributed by atoms with Crippen molar-refractivity contribution in [3.8, 4) is 11.1 Å². The Morgan fingerprint density at radius 1 is 0.264 bits per heavy atom. The first-order valence-corrected chi connectivity index (χ1v) is 30.0. The highest BCUT2D eigenvalue weighted by Crippen LogP contribution is 2.44. The van der Waals surface area contributed by atoms with E-state index in [0.717, 1.165) is 70.4 Å². The van der Waals surface area contributed by atoms with Crippen molar-refractivity contribution < 1.29 is 9.13 Å². The molecule has 12 aromatic rings. The molecule has 2 nitrogen and oxygen atoms in total. The summed E-state index contributed by atoms with van der Waals surface area (Å²) >= 11 is 3.75. The zero-order chi connectivity index (χ0) is 48.5. The van der Waals surface area contributed by atoms with Crippen LogP contribution in [0.25, 0.3) is 51.5 Å². The van der Waals surface area contributed by atoms with Crippen molar-refractivity contribution in [2.75, 3.05) is 0 Å². The Kier molecular flexibility index (Phi) is 12.8. The standard InChI is InChI=1S/C66H52O2P2S2/c67-69(53-19-5-1-6-20-53,54-21-7-2-8-22-54)57-35-27-47(28-36-57)15-13-17-49-31-39-63-59(43-49)61-45-51(33-41-65(61)71-63)52-34-42-66-62(46-52)60-44-50(32-40-64(60)72-66)18-14-16-48-29-37-58(38-30-48)70(68,55-23-9-3-10-24-55)56-25-11-4-12-26-56/h1-12,19-46H,13-18H2. The lowest BCUT2D eigenvalue weighted by molar-refractivity contribution is 0.591. The van der Waals surface area contributed by atoms with E-state index in [-0.39, 0.29) is 0 Å². The van der Waals surface area contributed by atoms with Crippen LogP contribution in [0, 0.1) is 0 Å². The van der Waals surface area contributed by atoms with Crippen LogP contribution in [-0.2, 0) is 34.8 Å². The van der Waals surface area contributed by atoms with Crippen molar-refractivity contribution in [1.82, 2.24) is 0 Å². The number of hydrogen-bond donors (Lipinski definition) is 0.